The number of rotatable bonds is 16. The number of nitrogens with zero attached hydrogens (tertiary/aromatic N) is 1. The van der Waals surface area contributed by atoms with Gasteiger partial charge in [-0.3, -0.25) is 24.0 Å². The molecule has 15 heteroatoms. The molecule has 1 saturated heterocycles. The van der Waals surface area contributed by atoms with Gasteiger partial charge >= 0.3 is 35.8 Å². The molecule has 3 atom stereocenters. The van der Waals surface area contributed by atoms with Gasteiger partial charge in [-0.15, -0.1) is 5.06 Å². The molecule has 1 heterocycles. The molecule has 0 aromatic rings. The van der Waals surface area contributed by atoms with Crippen LogP contribution >= 0.6 is 0 Å². The number of esters is 5. The highest BCUT2D eigenvalue weighted by molar-refractivity contribution is 6.02. The summed E-state index contributed by atoms with van der Waals surface area (Å²) in [6, 6.07) is 0. The van der Waals surface area contributed by atoms with Crippen LogP contribution in [-0.4, -0.2) is 84.2 Å². The Balaban J connectivity index is 3.21. The Morgan fingerprint density at radius 3 is 1.69 bits per heavy atom. The molecule has 1 fully saturated rings. The van der Waals surface area contributed by atoms with E-state index in [1.54, 1.807) is 0 Å². The van der Waals surface area contributed by atoms with Crippen molar-refractivity contribution in [2.45, 2.75) is 91.0 Å². The molecule has 0 aromatic carbocycles. The summed E-state index contributed by atoms with van der Waals surface area (Å²) in [5, 5.41) is 0.120. The van der Waals surface area contributed by atoms with Gasteiger partial charge in [0, 0.05) is 26.7 Å². The van der Waals surface area contributed by atoms with E-state index < -0.39 is 72.4 Å². The first-order valence-electron chi connectivity index (χ1n) is 12.4. The molecule has 1 aliphatic heterocycles. The Morgan fingerprint density at radius 1 is 0.718 bits per heavy atom. The molecule has 0 spiro atoms. The lowest BCUT2D eigenvalue weighted by Gasteiger charge is -2.25. The van der Waals surface area contributed by atoms with Crippen molar-refractivity contribution in [2.24, 2.45) is 0 Å². The summed E-state index contributed by atoms with van der Waals surface area (Å²) in [6.07, 6.45) is -5.47. The number of ether oxygens (including phenoxy) is 5. The fraction of sp³-hybridized carbons (Fsp3) is 0.667. The number of unbranched alkanes of at least 4 members (excludes halogenated alkanes) is 2. The summed E-state index contributed by atoms with van der Waals surface area (Å²) >= 11 is 0. The number of hydrogen-bond acceptors (Lipinski definition) is 14. The highest BCUT2D eigenvalue weighted by Crippen LogP contribution is 2.18. The van der Waals surface area contributed by atoms with E-state index >= 15 is 0 Å². The second-order valence-corrected chi connectivity index (χ2v) is 8.28. The smallest absolute Gasteiger partial charge is 0.377 e. The van der Waals surface area contributed by atoms with Crippen molar-refractivity contribution in [3.05, 3.63) is 0 Å². The van der Waals surface area contributed by atoms with Crippen LogP contribution in [0.4, 0.5) is 0 Å². The largest absolute Gasteiger partial charge is 0.466 e. The highest BCUT2D eigenvalue weighted by atomic mass is 16.7. The maximum absolute atomic E-state index is 13.1. The van der Waals surface area contributed by atoms with Crippen molar-refractivity contribution in [3.8, 4) is 0 Å². The van der Waals surface area contributed by atoms with Crippen molar-refractivity contribution in [1.29, 1.82) is 0 Å². The molecule has 1 aliphatic rings. The molecule has 1 rings (SSSR count). The number of carbonyl (C=O) groups excluding carboxylic acids is 8. The van der Waals surface area contributed by atoms with Crippen LogP contribution in [0.15, 0.2) is 0 Å². The molecule has 0 bridgehead atoms. The van der Waals surface area contributed by atoms with Gasteiger partial charge in [0.05, 0.1) is 19.6 Å². The topological polar surface area (TPSA) is 195 Å². The van der Waals surface area contributed by atoms with E-state index in [0.29, 0.717) is 19.3 Å². The molecule has 0 unspecified atom stereocenters. The maximum Gasteiger partial charge on any atom is 0.377 e. The van der Waals surface area contributed by atoms with Crippen LogP contribution in [0, 0.1) is 0 Å². The number of hydroxylamine groups is 2. The van der Waals surface area contributed by atoms with E-state index in [4.69, 9.17) is 28.5 Å². The minimum Gasteiger partial charge on any atom is -0.466 e. The van der Waals surface area contributed by atoms with Gasteiger partial charge in [0.2, 0.25) is 18.3 Å². The van der Waals surface area contributed by atoms with Gasteiger partial charge in [-0.05, 0) is 12.8 Å². The summed E-state index contributed by atoms with van der Waals surface area (Å²) < 4.78 is 24.7. The van der Waals surface area contributed by atoms with Gasteiger partial charge in [-0.1, -0.05) is 26.7 Å². The summed E-state index contributed by atoms with van der Waals surface area (Å²) in [5.41, 5.74) is 0. The first kappa shape index (κ1) is 33.0. The minimum absolute atomic E-state index is 0.0469. The third-order valence-electron chi connectivity index (χ3n) is 4.89. The predicted molar refractivity (Wildman–Crippen MR) is 125 cm³/mol. The second kappa shape index (κ2) is 16.7. The first-order valence-corrected chi connectivity index (χ1v) is 12.4. The zero-order valence-electron chi connectivity index (χ0n) is 22.3. The van der Waals surface area contributed by atoms with Crippen molar-refractivity contribution in [3.63, 3.8) is 0 Å². The molecule has 218 valence electrons. The van der Waals surface area contributed by atoms with Crippen LogP contribution in [0.1, 0.15) is 72.6 Å². The zero-order valence-corrected chi connectivity index (χ0v) is 22.3. The third-order valence-corrected chi connectivity index (χ3v) is 4.89. The summed E-state index contributed by atoms with van der Waals surface area (Å²) in [7, 11) is 0. The second-order valence-electron chi connectivity index (χ2n) is 8.28. The lowest BCUT2D eigenvalue weighted by atomic mass is 10.2. The molecule has 15 nitrogen and oxygen atoms in total. The van der Waals surface area contributed by atoms with Gasteiger partial charge in [-0.2, -0.15) is 0 Å². The van der Waals surface area contributed by atoms with E-state index in [-0.39, 0.29) is 31.1 Å². The Labute approximate surface area is 224 Å². The molecule has 39 heavy (non-hydrogen) atoms. The lowest BCUT2D eigenvalue weighted by Crippen LogP contribution is -2.50. The molecule has 2 amide bonds. The minimum atomic E-state index is -2.35. The van der Waals surface area contributed by atoms with Crippen LogP contribution in [0.2, 0.25) is 0 Å². The average Bonchev–Trinajstić information content (AvgIpc) is 3.17. The fourth-order valence-electron chi connectivity index (χ4n) is 2.96. The fourth-order valence-corrected chi connectivity index (χ4v) is 2.96. The number of amides is 2. The van der Waals surface area contributed by atoms with E-state index in [2.05, 4.69) is 0 Å². The Hall–Kier alpha value is -4.04. The van der Waals surface area contributed by atoms with Crippen LogP contribution in [0.25, 0.3) is 0 Å². The van der Waals surface area contributed by atoms with Gasteiger partial charge < -0.3 is 28.5 Å². The van der Waals surface area contributed by atoms with Gasteiger partial charge in [0.15, 0.2) is 0 Å². The quantitative estimate of drug-likeness (QED) is 0.109. The van der Waals surface area contributed by atoms with E-state index in [1.807, 2.05) is 13.8 Å². The predicted octanol–water partition coefficient (Wildman–Crippen LogP) is 0.446. The molecule has 0 saturated carbocycles. The van der Waals surface area contributed by atoms with Gasteiger partial charge in [0.1, 0.15) is 0 Å². The molecule has 0 radical (unpaired) electrons. The van der Waals surface area contributed by atoms with E-state index in [0.717, 1.165) is 20.3 Å². The maximum atomic E-state index is 13.1. The molecule has 0 aromatic heterocycles. The average molecular weight is 560 g/mol. The van der Waals surface area contributed by atoms with E-state index in [1.165, 1.54) is 0 Å². The van der Waals surface area contributed by atoms with Crippen LogP contribution in [-0.2, 0) is 66.9 Å². The van der Waals surface area contributed by atoms with Crippen LogP contribution < -0.4 is 0 Å². The Morgan fingerprint density at radius 2 is 1.21 bits per heavy atom. The summed E-state index contributed by atoms with van der Waals surface area (Å²) in [5.74, 6) is -9.28. The Bertz CT molecular complexity index is 929. The highest BCUT2D eigenvalue weighted by Gasteiger charge is 2.46. The normalized spacial score (nSPS) is 15.0. The zero-order chi connectivity index (χ0) is 29.5. The monoisotopic (exact) mass is 559 g/mol. The molecular formula is C24H33NO14. The molecule has 0 N–H and O–H groups in total. The standard InChI is InChI=1S/C24H33NO14/c1-5-7-11-34-19(30)13-16(22(31)35-12-8-6-2)38-23(32)20(36-14(3)26)21(37-15(4)27)24(33)39-25-17(28)9-10-18(25)29/h16,20-21H,5-13H2,1-4H3/t16-,20-,21-/m1/s1. The van der Waals surface area contributed by atoms with Gasteiger partial charge in [-0.25, -0.2) is 14.4 Å². The summed E-state index contributed by atoms with van der Waals surface area (Å²) in [4.78, 5) is 102. The summed E-state index contributed by atoms with van der Waals surface area (Å²) in [6.45, 7) is 5.39. The van der Waals surface area contributed by atoms with Crippen LogP contribution in [0.5, 0.6) is 0 Å². The van der Waals surface area contributed by atoms with Gasteiger partial charge in [0.25, 0.3) is 11.8 Å². The van der Waals surface area contributed by atoms with Crippen molar-refractivity contribution in [2.75, 3.05) is 13.2 Å². The SMILES string of the molecule is CCCCOC(=O)C[C@@H](OC(=O)[C@H](OC(C)=O)[C@@H](OC(C)=O)C(=O)ON1C(=O)CCC1=O)C(=O)OCCCC. The lowest BCUT2D eigenvalue weighted by molar-refractivity contribution is -0.214. The molecule has 0 aliphatic carbocycles. The number of carbonyl (C=O) groups is 8. The van der Waals surface area contributed by atoms with Crippen molar-refractivity contribution < 1.29 is 66.9 Å². The first-order chi connectivity index (χ1) is 18.4. The van der Waals surface area contributed by atoms with E-state index in [9.17, 15) is 38.4 Å². The van der Waals surface area contributed by atoms with Crippen molar-refractivity contribution >= 4 is 47.6 Å². The van der Waals surface area contributed by atoms with Crippen LogP contribution in [0.3, 0.4) is 0 Å². The molecular weight excluding hydrogens is 526 g/mol. The Kier molecular flexibility index (Phi) is 14.2. The van der Waals surface area contributed by atoms with Crippen molar-refractivity contribution in [1.82, 2.24) is 5.06 Å². The number of hydrogen-bond donors (Lipinski definition) is 0. The third kappa shape index (κ3) is 11.5. The number of imide groups is 1.